The number of aliphatic carboxylic acids is 1. The zero-order chi connectivity index (χ0) is 15.4. The Bertz CT molecular complexity index is 556. The molecule has 1 atom stereocenters. The molecule has 1 aliphatic rings. The van der Waals surface area contributed by atoms with Gasteiger partial charge in [0.1, 0.15) is 0 Å². The summed E-state index contributed by atoms with van der Waals surface area (Å²) >= 11 is 0. The van der Waals surface area contributed by atoms with Gasteiger partial charge in [0.15, 0.2) is 0 Å². The summed E-state index contributed by atoms with van der Waals surface area (Å²) in [5.41, 5.74) is 6.02. The van der Waals surface area contributed by atoms with Crippen LogP contribution in [0.2, 0.25) is 0 Å². The third kappa shape index (κ3) is 3.71. The van der Waals surface area contributed by atoms with Gasteiger partial charge in [-0.2, -0.15) is 0 Å². The third-order valence-electron chi connectivity index (χ3n) is 3.48. The number of rotatable bonds is 3. The smallest absolute Gasteiger partial charge is 0.321 e. The van der Waals surface area contributed by atoms with Crippen LogP contribution in [0, 0.1) is 5.92 Å². The van der Waals surface area contributed by atoms with E-state index in [1.807, 2.05) is 0 Å². The van der Waals surface area contributed by atoms with Gasteiger partial charge in [0.25, 0.3) is 0 Å². The number of carbonyl (C=O) groups excluding carboxylic acids is 2. The van der Waals surface area contributed by atoms with Crippen molar-refractivity contribution in [2.45, 2.75) is 12.8 Å². The van der Waals surface area contributed by atoms with Gasteiger partial charge in [-0.15, -0.1) is 0 Å². The van der Waals surface area contributed by atoms with Gasteiger partial charge in [-0.05, 0) is 37.1 Å². The van der Waals surface area contributed by atoms with Crippen LogP contribution in [-0.2, 0) is 4.79 Å². The number of piperidine rings is 1. The molecule has 7 heteroatoms. The largest absolute Gasteiger partial charge is 0.481 e. The van der Waals surface area contributed by atoms with E-state index in [1.165, 1.54) is 17.0 Å². The first-order valence-corrected chi connectivity index (χ1v) is 6.66. The summed E-state index contributed by atoms with van der Waals surface area (Å²) in [6.45, 7) is 0.746. The van der Waals surface area contributed by atoms with Crippen LogP contribution < -0.4 is 11.1 Å². The van der Waals surface area contributed by atoms with Crippen molar-refractivity contribution in [1.29, 1.82) is 0 Å². The number of hydrogen-bond acceptors (Lipinski definition) is 3. The summed E-state index contributed by atoms with van der Waals surface area (Å²) < 4.78 is 0. The Morgan fingerprint density at radius 3 is 2.48 bits per heavy atom. The predicted octanol–water partition coefficient (Wildman–Crippen LogP) is 1.11. The lowest BCUT2D eigenvalue weighted by Crippen LogP contribution is -2.44. The maximum Gasteiger partial charge on any atom is 0.321 e. The van der Waals surface area contributed by atoms with Crippen molar-refractivity contribution in [3.05, 3.63) is 29.8 Å². The number of amides is 3. The maximum atomic E-state index is 12.1. The number of nitrogens with zero attached hydrogens (tertiary/aromatic N) is 1. The lowest BCUT2D eigenvalue weighted by atomic mass is 9.99. The number of nitrogens with one attached hydrogen (secondary N) is 1. The number of benzene rings is 1. The molecular weight excluding hydrogens is 274 g/mol. The normalized spacial score (nSPS) is 18.1. The Kier molecular flexibility index (Phi) is 4.42. The van der Waals surface area contributed by atoms with Gasteiger partial charge in [0.2, 0.25) is 5.91 Å². The molecule has 0 bridgehead atoms. The van der Waals surface area contributed by atoms with Crippen molar-refractivity contribution in [2.24, 2.45) is 11.7 Å². The van der Waals surface area contributed by atoms with E-state index in [0.29, 0.717) is 30.6 Å². The van der Waals surface area contributed by atoms with Crippen molar-refractivity contribution in [3.8, 4) is 0 Å². The van der Waals surface area contributed by atoms with E-state index in [-0.39, 0.29) is 12.6 Å². The summed E-state index contributed by atoms with van der Waals surface area (Å²) in [5.74, 6) is -1.92. The van der Waals surface area contributed by atoms with Crippen LogP contribution in [-0.4, -0.2) is 41.0 Å². The Hall–Kier alpha value is -2.57. The maximum absolute atomic E-state index is 12.1. The van der Waals surface area contributed by atoms with Gasteiger partial charge in [0, 0.05) is 24.3 Å². The topological polar surface area (TPSA) is 113 Å². The quantitative estimate of drug-likeness (QED) is 0.774. The average Bonchev–Trinajstić information content (AvgIpc) is 2.48. The zero-order valence-corrected chi connectivity index (χ0v) is 11.4. The highest BCUT2D eigenvalue weighted by molar-refractivity contribution is 5.94. The van der Waals surface area contributed by atoms with Gasteiger partial charge in [-0.1, -0.05) is 0 Å². The van der Waals surface area contributed by atoms with Crippen LogP contribution in [0.4, 0.5) is 10.5 Å². The number of carbonyl (C=O) groups is 3. The fourth-order valence-corrected chi connectivity index (χ4v) is 2.28. The molecule has 0 radical (unpaired) electrons. The second-order valence-electron chi connectivity index (χ2n) is 5.00. The first-order chi connectivity index (χ1) is 9.97. The van der Waals surface area contributed by atoms with Crippen LogP contribution in [0.25, 0.3) is 0 Å². The number of nitrogens with two attached hydrogens (primary N) is 1. The highest BCUT2D eigenvalue weighted by Gasteiger charge is 2.28. The molecule has 0 unspecified atom stereocenters. The molecule has 1 aromatic carbocycles. The lowest BCUT2D eigenvalue weighted by molar-refractivity contribution is -0.143. The van der Waals surface area contributed by atoms with E-state index in [9.17, 15) is 14.4 Å². The number of anilines is 1. The minimum absolute atomic E-state index is 0.209. The highest BCUT2D eigenvalue weighted by Crippen LogP contribution is 2.18. The average molecular weight is 291 g/mol. The SMILES string of the molecule is NC(=O)c1ccc(NC(=O)N2CCC[C@H](C(=O)O)C2)cc1. The molecule has 0 aliphatic carbocycles. The van der Waals surface area contributed by atoms with Crippen LogP contribution in [0.3, 0.4) is 0 Å². The minimum Gasteiger partial charge on any atom is -0.481 e. The second kappa shape index (κ2) is 6.25. The van der Waals surface area contributed by atoms with E-state index in [4.69, 9.17) is 10.8 Å². The fraction of sp³-hybridized carbons (Fsp3) is 0.357. The van der Waals surface area contributed by atoms with E-state index >= 15 is 0 Å². The molecule has 1 aromatic rings. The zero-order valence-electron chi connectivity index (χ0n) is 11.4. The molecule has 7 nitrogen and oxygen atoms in total. The Morgan fingerprint density at radius 1 is 1.24 bits per heavy atom. The number of carboxylic acid groups (broad SMARTS) is 1. The number of hydrogen-bond donors (Lipinski definition) is 3. The number of carboxylic acids is 1. The molecule has 2 rings (SSSR count). The number of primary amides is 1. The van der Waals surface area contributed by atoms with Crippen molar-refractivity contribution in [2.75, 3.05) is 18.4 Å². The van der Waals surface area contributed by atoms with Gasteiger partial charge in [-0.3, -0.25) is 9.59 Å². The molecule has 1 saturated heterocycles. The van der Waals surface area contributed by atoms with Gasteiger partial charge >= 0.3 is 12.0 Å². The van der Waals surface area contributed by atoms with Crippen LogP contribution in [0.1, 0.15) is 23.2 Å². The summed E-state index contributed by atoms with van der Waals surface area (Å²) in [6, 6.07) is 5.86. The molecular formula is C14H17N3O4. The third-order valence-corrected chi connectivity index (χ3v) is 3.48. The van der Waals surface area contributed by atoms with Gasteiger partial charge in [0.05, 0.1) is 5.92 Å². The number of likely N-dealkylation sites (tertiary alicyclic amines) is 1. The van der Waals surface area contributed by atoms with E-state index in [1.54, 1.807) is 12.1 Å². The highest BCUT2D eigenvalue weighted by atomic mass is 16.4. The van der Waals surface area contributed by atoms with Crippen LogP contribution in [0.15, 0.2) is 24.3 Å². The van der Waals surface area contributed by atoms with Gasteiger partial charge < -0.3 is 21.1 Å². The van der Waals surface area contributed by atoms with E-state index in [0.717, 1.165) is 0 Å². The van der Waals surface area contributed by atoms with E-state index in [2.05, 4.69) is 5.32 Å². The number of urea groups is 1. The molecule has 21 heavy (non-hydrogen) atoms. The Balaban J connectivity index is 1.97. The molecule has 0 aromatic heterocycles. The van der Waals surface area contributed by atoms with Crippen LogP contribution in [0.5, 0.6) is 0 Å². The summed E-state index contributed by atoms with van der Waals surface area (Å²) in [7, 11) is 0. The molecule has 0 spiro atoms. The Morgan fingerprint density at radius 2 is 1.90 bits per heavy atom. The molecule has 1 aliphatic heterocycles. The molecule has 1 fully saturated rings. The summed E-state index contributed by atoms with van der Waals surface area (Å²) in [4.78, 5) is 35.5. The standard InChI is InChI=1S/C14H17N3O4/c15-12(18)9-3-5-11(6-4-9)16-14(21)17-7-1-2-10(8-17)13(19)20/h3-6,10H,1-2,7-8H2,(H2,15,18)(H,16,21)(H,19,20)/t10-/m0/s1. The van der Waals surface area contributed by atoms with Crippen molar-refractivity contribution >= 4 is 23.6 Å². The van der Waals surface area contributed by atoms with Crippen molar-refractivity contribution in [3.63, 3.8) is 0 Å². The van der Waals surface area contributed by atoms with Crippen molar-refractivity contribution in [1.82, 2.24) is 4.90 Å². The minimum atomic E-state index is -0.877. The Labute approximate surface area is 121 Å². The van der Waals surface area contributed by atoms with Gasteiger partial charge in [-0.25, -0.2) is 4.79 Å². The fourth-order valence-electron chi connectivity index (χ4n) is 2.28. The molecule has 1 heterocycles. The summed E-state index contributed by atoms with van der Waals surface area (Å²) in [6.07, 6.45) is 1.26. The first kappa shape index (κ1) is 14.8. The van der Waals surface area contributed by atoms with Crippen molar-refractivity contribution < 1.29 is 19.5 Å². The van der Waals surface area contributed by atoms with Crippen LogP contribution >= 0.6 is 0 Å². The predicted molar refractivity (Wildman–Crippen MR) is 75.9 cm³/mol. The molecule has 0 saturated carbocycles. The lowest BCUT2D eigenvalue weighted by Gasteiger charge is -2.30. The first-order valence-electron chi connectivity index (χ1n) is 6.66. The molecule has 3 amide bonds. The summed E-state index contributed by atoms with van der Waals surface area (Å²) in [5, 5.41) is 11.7. The second-order valence-corrected chi connectivity index (χ2v) is 5.00. The van der Waals surface area contributed by atoms with E-state index < -0.39 is 17.8 Å². The molecule has 4 N–H and O–H groups in total. The molecule has 112 valence electrons. The monoisotopic (exact) mass is 291 g/mol.